The van der Waals surface area contributed by atoms with Gasteiger partial charge in [0, 0.05) is 24.0 Å². The van der Waals surface area contributed by atoms with Crippen molar-refractivity contribution in [2.45, 2.75) is 19.9 Å². The van der Waals surface area contributed by atoms with Crippen molar-refractivity contribution in [1.82, 2.24) is 24.5 Å². The number of fused-ring (bicyclic) bond motifs is 1. The molecule has 5 nitrogen and oxygen atoms in total. The van der Waals surface area contributed by atoms with Crippen molar-refractivity contribution in [3.05, 3.63) is 48.0 Å². The number of hydrogen-bond donors (Lipinski definition) is 0. The van der Waals surface area contributed by atoms with Crippen molar-refractivity contribution in [3.63, 3.8) is 0 Å². The lowest BCUT2D eigenvalue weighted by Gasteiger charge is -2.20. The van der Waals surface area contributed by atoms with E-state index in [4.69, 9.17) is 0 Å². The molecule has 21 heavy (non-hydrogen) atoms. The maximum Gasteiger partial charge on any atom is 0.254 e. The highest BCUT2D eigenvalue weighted by molar-refractivity contribution is 5.63. The van der Waals surface area contributed by atoms with Crippen LogP contribution in [0.5, 0.6) is 0 Å². The van der Waals surface area contributed by atoms with Crippen LogP contribution in [-0.4, -0.2) is 38.6 Å². The first kappa shape index (κ1) is 13.7. The summed E-state index contributed by atoms with van der Waals surface area (Å²) in [6, 6.07) is 9.02. The molecular weight excluding hydrogens is 262 g/mol. The van der Waals surface area contributed by atoms with Crippen molar-refractivity contribution in [2.24, 2.45) is 0 Å². The third-order valence-electron chi connectivity index (χ3n) is 3.94. The molecule has 0 radical (unpaired) electrons. The smallest absolute Gasteiger partial charge is 0.254 e. The molecule has 0 N–H and O–H groups in total. The Morgan fingerprint density at radius 3 is 2.43 bits per heavy atom. The molecule has 0 saturated heterocycles. The molecule has 0 aliphatic heterocycles. The summed E-state index contributed by atoms with van der Waals surface area (Å²) in [7, 11) is 4.18. The van der Waals surface area contributed by atoms with Gasteiger partial charge in [-0.3, -0.25) is 4.40 Å². The SMILES string of the molecule is Cc1nnc2ncc(-c3ccc(C(C)N(C)C)cc3)cn12. The van der Waals surface area contributed by atoms with E-state index in [1.165, 1.54) is 5.56 Å². The van der Waals surface area contributed by atoms with Crippen molar-refractivity contribution < 1.29 is 0 Å². The third-order valence-corrected chi connectivity index (χ3v) is 3.94. The van der Waals surface area contributed by atoms with Crippen LogP contribution in [0.15, 0.2) is 36.7 Å². The van der Waals surface area contributed by atoms with Gasteiger partial charge in [0.05, 0.1) is 0 Å². The maximum atomic E-state index is 4.35. The Balaban J connectivity index is 1.97. The van der Waals surface area contributed by atoms with Crippen LogP contribution in [0, 0.1) is 6.92 Å². The van der Waals surface area contributed by atoms with Gasteiger partial charge in [0.2, 0.25) is 0 Å². The topological polar surface area (TPSA) is 46.3 Å². The van der Waals surface area contributed by atoms with Crippen LogP contribution in [0.3, 0.4) is 0 Å². The predicted molar refractivity (Wildman–Crippen MR) is 83.1 cm³/mol. The Bertz CT molecular complexity index is 758. The zero-order valence-corrected chi connectivity index (χ0v) is 12.8. The molecule has 3 aromatic rings. The van der Waals surface area contributed by atoms with Crippen molar-refractivity contribution in [3.8, 4) is 11.1 Å². The normalized spacial score (nSPS) is 13.0. The fraction of sp³-hybridized carbons (Fsp3) is 0.312. The van der Waals surface area contributed by atoms with E-state index in [0.717, 1.165) is 17.0 Å². The van der Waals surface area contributed by atoms with Crippen LogP contribution >= 0.6 is 0 Å². The Labute approximate surface area is 124 Å². The highest BCUT2D eigenvalue weighted by atomic mass is 15.3. The van der Waals surface area contributed by atoms with E-state index in [1.807, 2.05) is 23.7 Å². The van der Waals surface area contributed by atoms with E-state index in [2.05, 4.69) is 65.4 Å². The van der Waals surface area contributed by atoms with Crippen molar-refractivity contribution in [1.29, 1.82) is 0 Å². The van der Waals surface area contributed by atoms with Gasteiger partial charge in [0.1, 0.15) is 5.82 Å². The summed E-state index contributed by atoms with van der Waals surface area (Å²) >= 11 is 0. The fourth-order valence-electron chi connectivity index (χ4n) is 2.30. The Morgan fingerprint density at radius 2 is 1.76 bits per heavy atom. The van der Waals surface area contributed by atoms with Crippen LogP contribution in [0.4, 0.5) is 0 Å². The number of rotatable bonds is 3. The zero-order chi connectivity index (χ0) is 15.0. The molecule has 0 bridgehead atoms. The van der Waals surface area contributed by atoms with Gasteiger partial charge in [0.25, 0.3) is 5.78 Å². The average Bonchev–Trinajstić information content (AvgIpc) is 2.87. The van der Waals surface area contributed by atoms with E-state index in [1.54, 1.807) is 0 Å². The molecular formula is C16H19N5. The van der Waals surface area contributed by atoms with Gasteiger partial charge < -0.3 is 4.90 Å². The Hall–Kier alpha value is -2.27. The van der Waals surface area contributed by atoms with Crippen LogP contribution < -0.4 is 0 Å². The van der Waals surface area contributed by atoms with Gasteiger partial charge >= 0.3 is 0 Å². The second-order valence-corrected chi connectivity index (χ2v) is 5.52. The highest BCUT2D eigenvalue weighted by Gasteiger charge is 2.09. The third kappa shape index (κ3) is 2.52. The number of hydrogen-bond acceptors (Lipinski definition) is 4. The van der Waals surface area contributed by atoms with Gasteiger partial charge in [0.15, 0.2) is 0 Å². The second-order valence-electron chi connectivity index (χ2n) is 5.52. The first-order valence-electron chi connectivity index (χ1n) is 7.00. The van der Waals surface area contributed by atoms with E-state index in [9.17, 15) is 0 Å². The molecule has 5 heteroatoms. The molecule has 0 aliphatic rings. The minimum Gasteiger partial charge on any atom is -0.303 e. The summed E-state index contributed by atoms with van der Waals surface area (Å²) in [6.07, 6.45) is 3.87. The molecule has 0 aliphatic carbocycles. The minimum absolute atomic E-state index is 0.403. The first-order chi connectivity index (χ1) is 10.1. The van der Waals surface area contributed by atoms with Crippen molar-refractivity contribution in [2.75, 3.05) is 14.1 Å². The maximum absolute atomic E-state index is 4.35. The zero-order valence-electron chi connectivity index (χ0n) is 12.8. The van der Waals surface area contributed by atoms with Crippen LogP contribution in [-0.2, 0) is 0 Å². The van der Waals surface area contributed by atoms with Crippen molar-refractivity contribution >= 4 is 5.78 Å². The molecule has 1 aromatic carbocycles. The molecule has 3 rings (SSSR count). The summed E-state index contributed by atoms with van der Waals surface area (Å²) < 4.78 is 1.91. The largest absolute Gasteiger partial charge is 0.303 e. The molecule has 0 fully saturated rings. The Morgan fingerprint density at radius 1 is 1.05 bits per heavy atom. The molecule has 1 unspecified atom stereocenters. The van der Waals surface area contributed by atoms with Gasteiger partial charge in [-0.2, -0.15) is 0 Å². The van der Waals surface area contributed by atoms with Gasteiger partial charge in [-0.25, -0.2) is 4.98 Å². The Kier molecular flexibility index (Phi) is 3.43. The van der Waals surface area contributed by atoms with E-state index in [-0.39, 0.29) is 0 Å². The molecule has 108 valence electrons. The molecule has 0 saturated carbocycles. The number of aryl methyl sites for hydroxylation is 1. The summed E-state index contributed by atoms with van der Waals surface area (Å²) in [5, 5.41) is 8.04. The summed E-state index contributed by atoms with van der Waals surface area (Å²) in [5.74, 6) is 1.48. The molecule has 1 atom stereocenters. The fourth-order valence-corrected chi connectivity index (χ4v) is 2.30. The van der Waals surface area contributed by atoms with Gasteiger partial charge in [-0.1, -0.05) is 24.3 Å². The molecule has 2 aromatic heterocycles. The minimum atomic E-state index is 0.403. The molecule has 0 amide bonds. The molecule has 2 heterocycles. The summed E-state index contributed by atoms with van der Waals surface area (Å²) in [5.41, 5.74) is 3.51. The lowest BCUT2D eigenvalue weighted by Crippen LogP contribution is -2.16. The highest BCUT2D eigenvalue weighted by Crippen LogP contribution is 2.23. The monoisotopic (exact) mass is 281 g/mol. The standard InChI is InChI=1S/C16H19N5/c1-11(20(3)4)13-5-7-14(8-6-13)15-9-17-16-19-18-12(2)21(16)10-15/h5-11H,1-4H3. The quantitative estimate of drug-likeness (QED) is 0.740. The summed E-state index contributed by atoms with van der Waals surface area (Å²) in [6.45, 7) is 4.12. The number of nitrogens with zero attached hydrogens (tertiary/aromatic N) is 5. The predicted octanol–water partition coefficient (Wildman–Crippen LogP) is 2.72. The van der Waals surface area contributed by atoms with E-state index in [0.29, 0.717) is 11.8 Å². The van der Waals surface area contributed by atoms with Crippen LogP contribution in [0.1, 0.15) is 24.4 Å². The van der Waals surface area contributed by atoms with Gasteiger partial charge in [-0.15, -0.1) is 10.2 Å². The van der Waals surface area contributed by atoms with E-state index < -0.39 is 0 Å². The van der Waals surface area contributed by atoms with Crippen LogP contribution in [0.2, 0.25) is 0 Å². The van der Waals surface area contributed by atoms with E-state index >= 15 is 0 Å². The second kappa shape index (κ2) is 5.26. The van der Waals surface area contributed by atoms with Gasteiger partial charge in [-0.05, 0) is 39.1 Å². The number of benzene rings is 1. The summed E-state index contributed by atoms with van der Waals surface area (Å²) in [4.78, 5) is 6.54. The van der Waals surface area contributed by atoms with Crippen LogP contribution in [0.25, 0.3) is 16.9 Å². The number of aromatic nitrogens is 4. The first-order valence-corrected chi connectivity index (χ1v) is 7.00. The average molecular weight is 281 g/mol. The molecule has 0 spiro atoms. The lowest BCUT2D eigenvalue weighted by molar-refractivity contribution is 0.321. The lowest BCUT2D eigenvalue weighted by atomic mass is 10.0.